The molecule has 0 saturated carbocycles. The van der Waals surface area contributed by atoms with Crippen molar-refractivity contribution in [1.29, 1.82) is 0 Å². The predicted molar refractivity (Wildman–Crippen MR) is 78.5 cm³/mol. The Kier molecular flexibility index (Phi) is 3.73. The minimum atomic E-state index is -0.362. The molecule has 0 aliphatic carbocycles. The lowest BCUT2D eigenvalue weighted by Gasteiger charge is -2.44. The highest BCUT2D eigenvalue weighted by atomic mass is 35.5. The molecule has 1 N–H and O–H groups in total. The summed E-state index contributed by atoms with van der Waals surface area (Å²) < 4.78 is 1.42. The quantitative estimate of drug-likeness (QED) is 0.858. The molecule has 4 rings (SSSR count). The van der Waals surface area contributed by atoms with E-state index in [1.165, 1.54) is 4.57 Å². The Hall–Kier alpha value is -1.07. The van der Waals surface area contributed by atoms with Crippen LogP contribution in [0.25, 0.3) is 0 Å². The fourth-order valence-corrected chi connectivity index (χ4v) is 3.81. The number of nitrogens with zero attached hydrogens (tertiary/aromatic N) is 2. The van der Waals surface area contributed by atoms with E-state index in [-0.39, 0.29) is 22.4 Å². The Morgan fingerprint density at radius 3 is 2.55 bits per heavy atom. The lowest BCUT2D eigenvalue weighted by molar-refractivity contribution is 0.0531. The molecule has 20 heavy (non-hydrogen) atoms. The summed E-state index contributed by atoms with van der Waals surface area (Å²) in [5.74, 6) is 0.439. The van der Waals surface area contributed by atoms with E-state index < -0.39 is 0 Å². The van der Waals surface area contributed by atoms with Gasteiger partial charge in [0, 0.05) is 6.54 Å². The van der Waals surface area contributed by atoms with Gasteiger partial charge >= 0.3 is 5.69 Å². The van der Waals surface area contributed by atoms with Gasteiger partial charge in [-0.05, 0) is 38.3 Å². The molecule has 110 valence electrons. The first kappa shape index (κ1) is 13.9. The van der Waals surface area contributed by atoms with Crippen LogP contribution in [0.1, 0.15) is 37.8 Å². The molecule has 4 heterocycles. The highest BCUT2D eigenvalue weighted by Crippen LogP contribution is 2.34. The Morgan fingerprint density at radius 1 is 1.30 bits per heavy atom. The van der Waals surface area contributed by atoms with Crippen LogP contribution in [0.5, 0.6) is 0 Å². The van der Waals surface area contributed by atoms with Crippen LogP contribution < -0.4 is 11.2 Å². The first-order chi connectivity index (χ1) is 9.61. The topological polar surface area (TPSA) is 58.1 Å². The van der Waals surface area contributed by atoms with Gasteiger partial charge in [0.2, 0.25) is 0 Å². The van der Waals surface area contributed by atoms with Crippen LogP contribution in [0, 0.1) is 5.92 Å². The van der Waals surface area contributed by atoms with Gasteiger partial charge in [-0.2, -0.15) is 0 Å². The summed E-state index contributed by atoms with van der Waals surface area (Å²) in [6.07, 6.45) is 3.58. The maximum absolute atomic E-state index is 12.6. The van der Waals surface area contributed by atoms with Crippen LogP contribution in [0.15, 0.2) is 9.59 Å². The van der Waals surface area contributed by atoms with E-state index in [1.54, 1.807) is 0 Å². The van der Waals surface area contributed by atoms with Gasteiger partial charge in [-0.15, -0.1) is 0 Å². The van der Waals surface area contributed by atoms with Crippen molar-refractivity contribution in [2.75, 3.05) is 19.6 Å². The third-order valence-corrected chi connectivity index (χ3v) is 4.95. The normalized spacial score (nSPS) is 28.8. The average Bonchev–Trinajstić information content (AvgIpc) is 2.44. The minimum absolute atomic E-state index is 0.00150. The Labute approximate surface area is 122 Å². The second-order valence-corrected chi connectivity index (χ2v) is 6.23. The molecule has 3 aliphatic heterocycles. The average molecular weight is 298 g/mol. The monoisotopic (exact) mass is 297 g/mol. The van der Waals surface area contributed by atoms with Gasteiger partial charge in [0.05, 0.1) is 11.6 Å². The van der Waals surface area contributed by atoms with Gasteiger partial charge in [-0.3, -0.25) is 14.3 Å². The number of aromatic amines is 1. The Morgan fingerprint density at radius 2 is 2.00 bits per heavy atom. The van der Waals surface area contributed by atoms with E-state index in [4.69, 9.17) is 11.6 Å². The zero-order chi connectivity index (χ0) is 14.3. The zero-order valence-electron chi connectivity index (χ0n) is 11.7. The van der Waals surface area contributed by atoms with Crippen molar-refractivity contribution >= 4 is 11.6 Å². The van der Waals surface area contributed by atoms with E-state index in [0.717, 1.165) is 38.9 Å². The van der Waals surface area contributed by atoms with Crippen molar-refractivity contribution in [3.8, 4) is 0 Å². The molecule has 3 fully saturated rings. The van der Waals surface area contributed by atoms with Gasteiger partial charge in [-0.25, -0.2) is 4.79 Å². The molecule has 2 bridgehead atoms. The van der Waals surface area contributed by atoms with Gasteiger partial charge < -0.3 is 4.90 Å². The zero-order valence-corrected chi connectivity index (χ0v) is 12.4. The Balaban J connectivity index is 2.07. The molecular formula is C14H20ClN3O2. The number of halogens is 1. The molecule has 1 aromatic heterocycles. The lowest BCUT2D eigenvalue weighted by Crippen LogP contribution is -2.53. The van der Waals surface area contributed by atoms with Crippen LogP contribution >= 0.6 is 11.6 Å². The van der Waals surface area contributed by atoms with E-state index in [1.807, 2.05) is 6.92 Å². The maximum Gasteiger partial charge on any atom is 0.329 e. The van der Waals surface area contributed by atoms with Crippen molar-refractivity contribution in [1.82, 2.24) is 14.5 Å². The van der Waals surface area contributed by atoms with Crippen molar-refractivity contribution in [3.63, 3.8) is 0 Å². The lowest BCUT2D eigenvalue weighted by atomic mass is 9.84. The SMILES string of the molecule is CCCc1c(Cl)[nH]c(=O)n(C2CN3CCC2CC3)c1=O. The summed E-state index contributed by atoms with van der Waals surface area (Å²) in [7, 11) is 0. The number of rotatable bonds is 3. The summed E-state index contributed by atoms with van der Waals surface area (Å²) in [4.78, 5) is 29.8. The largest absolute Gasteiger partial charge is 0.329 e. The highest BCUT2D eigenvalue weighted by molar-refractivity contribution is 6.30. The molecule has 0 aromatic carbocycles. The number of aromatic nitrogens is 2. The number of hydrogen-bond donors (Lipinski definition) is 1. The van der Waals surface area contributed by atoms with Crippen molar-refractivity contribution in [2.24, 2.45) is 5.92 Å². The van der Waals surface area contributed by atoms with E-state index >= 15 is 0 Å². The van der Waals surface area contributed by atoms with Crippen molar-refractivity contribution in [2.45, 2.75) is 38.6 Å². The van der Waals surface area contributed by atoms with Gasteiger partial charge in [0.1, 0.15) is 5.15 Å². The number of piperidine rings is 3. The number of fused-ring (bicyclic) bond motifs is 3. The summed E-state index contributed by atoms with van der Waals surface area (Å²) in [5.41, 5.74) is -0.0110. The molecule has 1 unspecified atom stereocenters. The van der Waals surface area contributed by atoms with Crippen LogP contribution in [0.3, 0.4) is 0 Å². The number of H-pyrrole nitrogens is 1. The molecule has 0 radical (unpaired) electrons. The molecule has 3 aliphatic rings. The molecule has 6 heteroatoms. The molecule has 1 aromatic rings. The number of nitrogens with one attached hydrogen (secondary N) is 1. The van der Waals surface area contributed by atoms with Crippen LogP contribution in [-0.2, 0) is 6.42 Å². The first-order valence-corrected chi connectivity index (χ1v) is 7.75. The van der Waals surface area contributed by atoms with Gasteiger partial charge in [-0.1, -0.05) is 24.9 Å². The van der Waals surface area contributed by atoms with Gasteiger partial charge in [0.15, 0.2) is 0 Å². The fourth-order valence-electron chi connectivity index (χ4n) is 3.56. The minimum Gasteiger partial charge on any atom is -0.301 e. The molecular weight excluding hydrogens is 278 g/mol. The predicted octanol–water partition coefficient (Wildman–Crippen LogP) is 1.41. The summed E-state index contributed by atoms with van der Waals surface area (Å²) in [5, 5.41) is 0.208. The second kappa shape index (κ2) is 5.37. The van der Waals surface area contributed by atoms with Crippen LogP contribution in [0.2, 0.25) is 5.15 Å². The van der Waals surface area contributed by atoms with Crippen molar-refractivity contribution in [3.05, 3.63) is 31.6 Å². The van der Waals surface area contributed by atoms with E-state index in [9.17, 15) is 9.59 Å². The molecule has 0 spiro atoms. The van der Waals surface area contributed by atoms with E-state index in [2.05, 4.69) is 9.88 Å². The summed E-state index contributed by atoms with van der Waals surface area (Å²) in [6, 6.07) is 0.00150. The first-order valence-electron chi connectivity index (χ1n) is 7.37. The molecule has 1 atom stereocenters. The van der Waals surface area contributed by atoms with Crippen LogP contribution in [-0.4, -0.2) is 34.1 Å². The maximum atomic E-state index is 12.6. The highest BCUT2D eigenvalue weighted by Gasteiger charge is 2.37. The van der Waals surface area contributed by atoms with Gasteiger partial charge in [0.25, 0.3) is 5.56 Å². The molecule has 3 saturated heterocycles. The van der Waals surface area contributed by atoms with E-state index in [0.29, 0.717) is 17.9 Å². The summed E-state index contributed by atoms with van der Waals surface area (Å²) in [6.45, 7) is 4.98. The van der Waals surface area contributed by atoms with Crippen molar-refractivity contribution < 1.29 is 0 Å². The third-order valence-electron chi connectivity index (χ3n) is 4.63. The number of hydrogen-bond acceptors (Lipinski definition) is 3. The van der Waals surface area contributed by atoms with Crippen LogP contribution in [0.4, 0.5) is 0 Å². The third kappa shape index (κ3) is 2.23. The second-order valence-electron chi connectivity index (χ2n) is 5.85. The fraction of sp³-hybridized carbons (Fsp3) is 0.714. The molecule has 0 amide bonds. The smallest absolute Gasteiger partial charge is 0.301 e. The molecule has 5 nitrogen and oxygen atoms in total. The summed E-state index contributed by atoms with van der Waals surface area (Å²) >= 11 is 6.02. The Bertz CT molecular complexity index is 614. The standard InChI is InChI=1S/C14H20ClN3O2/c1-2-3-10-12(15)16-14(20)18(13(10)19)11-8-17-6-4-9(11)5-7-17/h9,11H,2-8H2,1H3,(H,16,20).